The van der Waals surface area contributed by atoms with E-state index in [1.54, 1.807) is 40.4 Å². The van der Waals surface area contributed by atoms with Crippen molar-refractivity contribution in [3.05, 3.63) is 174 Å². The molecule has 14 heteroatoms. The number of hydrogen-bond acceptors (Lipinski definition) is 8. The Balaban J connectivity index is 1.18. The highest BCUT2D eigenvalue weighted by Gasteiger charge is 2.37. The van der Waals surface area contributed by atoms with Gasteiger partial charge >= 0.3 is 12.2 Å². The maximum atomic E-state index is 13.6. The van der Waals surface area contributed by atoms with Crippen molar-refractivity contribution in [2.24, 2.45) is 10.2 Å². The fraction of sp³-hybridized carbons (Fsp3) is 0.278. The second kappa shape index (κ2) is 20.6. The van der Waals surface area contributed by atoms with Gasteiger partial charge in [0.05, 0.1) is 64.1 Å². The van der Waals surface area contributed by atoms with Gasteiger partial charge in [-0.3, -0.25) is 4.74 Å². The minimum Gasteiger partial charge on any atom is -0.497 e. The summed E-state index contributed by atoms with van der Waals surface area (Å²) in [4.78, 5) is 13.3. The normalized spacial score (nSPS) is 15.0. The van der Waals surface area contributed by atoms with Gasteiger partial charge in [-0.25, -0.2) is 4.79 Å². The van der Waals surface area contributed by atoms with Crippen LogP contribution in [0.1, 0.15) is 54.6 Å². The summed E-state index contributed by atoms with van der Waals surface area (Å²) >= 11 is 0. The van der Waals surface area contributed by atoms with E-state index < -0.39 is 30.9 Å². The van der Waals surface area contributed by atoms with Crippen LogP contribution in [0.25, 0.3) is 0 Å². The zero-order valence-corrected chi connectivity index (χ0v) is 40.5. The lowest BCUT2D eigenvalue weighted by Crippen LogP contribution is -2.46. The van der Waals surface area contributed by atoms with E-state index in [1.165, 1.54) is 6.07 Å². The van der Waals surface area contributed by atoms with Gasteiger partial charge in [0.15, 0.2) is 0 Å². The van der Waals surface area contributed by atoms with Gasteiger partial charge in [-0.2, -0.15) is 13.2 Å². The summed E-state index contributed by atoms with van der Waals surface area (Å²) < 4.78 is 70.1. The Hall–Kier alpha value is -6.85. The van der Waals surface area contributed by atoms with Crippen molar-refractivity contribution in [3.63, 3.8) is 0 Å². The first-order valence-electron chi connectivity index (χ1n) is 22.3. The van der Waals surface area contributed by atoms with Crippen LogP contribution in [0.5, 0.6) is 23.0 Å². The number of nitrogens with one attached hydrogen (secondary N) is 4. The third kappa shape index (κ3) is 11.3. The quantitative estimate of drug-likeness (QED) is 0.0715. The van der Waals surface area contributed by atoms with Gasteiger partial charge in [0.25, 0.3) is 0 Å². The maximum absolute atomic E-state index is 13.6. The van der Waals surface area contributed by atoms with Gasteiger partial charge in [0.2, 0.25) is 0 Å². The number of fused-ring (bicyclic) bond motifs is 1. The number of halogens is 3. The monoisotopic (exact) mass is 945 g/mol. The van der Waals surface area contributed by atoms with Crippen LogP contribution in [-0.2, 0) is 12.6 Å². The molecule has 4 N–H and O–H groups in total. The molecule has 0 heterocycles. The van der Waals surface area contributed by atoms with Gasteiger partial charge in [0, 0.05) is 28.0 Å². The molecule has 3 atom stereocenters. The number of amides is 2. The summed E-state index contributed by atoms with van der Waals surface area (Å²) in [5, 5.41) is 15.9. The molecule has 1 aliphatic carbocycles. The van der Waals surface area contributed by atoms with Crippen LogP contribution in [0.4, 0.5) is 29.3 Å². The Morgan fingerprint density at radius 1 is 0.735 bits per heavy atom. The number of ether oxygens (including phenoxy) is 4. The highest BCUT2D eigenvalue weighted by molar-refractivity contribution is 7.87. The topological polar surface area (TPSA) is 114 Å². The van der Waals surface area contributed by atoms with Gasteiger partial charge in [-0.1, -0.05) is 57.7 Å². The molecule has 68 heavy (non-hydrogen) atoms. The summed E-state index contributed by atoms with van der Waals surface area (Å²) in [6.45, 7) is 14.9. The largest absolute Gasteiger partial charge is 0.497 e. The molecule has 0 radical (unpaired) electrons. The number of rotatable bonds is 16. The maximum Gasteiger partial charge on any atom is 0.416 e. The number of urea groups is 1. The van der Waals surface area contributed by atoms with E-state index >= 15 is 0 Å². The lowest BCUT2D eigenvalue weighted by atomic mass is 9.87. The van der Waals surface area contributed by atoms with E-state index in [2.05, 4.69) is 97.1 Å². The average Bonchev–Trinajstić information content (AvgIpc) is 3.65. The van der Waals surface area contributed by atoms with Crippen molar-refractivity contribution in [2.75, 3.05) is 38.5 Å². The molecule has 0 bridgehead atoms. The summed E-state index contributed by atoms with van der Waals surface area (Å²) in [5.41, 5.74) is 2.57. The smallest absolute Gasteiger partial charge is 0.416 e. The molecule has 2 amide bonds. The molecule has 6 aromatic rings. The summed E-state index contributed by atoms with van der Waals surface area (Å²) in [5.74, 6) is 3.21. The molecular formula is C54H59F3N5O5P. The lowest BCUT2D eigenvalue weighted by molar-refractivity contribution is -0.137. The predicted molar refractivity (Wildman–Crippen MR) is 268 cm³/mol. The minimum absolute atomic E-state index is 0.0163. The van der Waals surface area contributed by atoms with E-state index in [9.17, 15) is 18.0 Å². The minimum atomic E-state index is -4.57. The van der Waals surface area contributed by atoms with Crippen LogP contribution < -0.4 is 56.1 Å². The molecule has 0 fully saturated rings. The van der Waals surface area contributed by atoms with Gasteiger partial charge in [-0.15, -0.1) is 0 Å². The van der Waals surface area contributed by atoms with Crippen LogP contribution >= 0.6 is 7.05 Å². The predicted octanol–water partition coefficient (Wildman–Crippen LogP) is 11.3. The van der Waals surface area contributed by atoms with Gasteiger partial charge < -0.3 is 40.2 Å². The number of carbonyl (C=O) groups is 1. The zero-order chi connectivity index (χ0) is 48.8. The van der Waals surface area contributed by atoms with Gasteiger partial charge in [-0.05, 0) is 145 Å². The summed E-state index contributed by atoms with van der Waals surface area (Å²) in [7, 11) is 2.25. The molecule has 356 valence electrons. The van der Waals surface area contributed by atoms with E-state index in [-0.39, 0.29) is 23.2 Å². The Labute approximate surface area is 397 Å². The molecule has 7 rings (SSSR count). The Morgan fingerprint density at radius 3 is 1.82 bits per heavy atom. The first kappa shape index (κ1) is 49.1. The number of nitrogens with zero attached hydrogens (tertiary/aromatic N) is 1. The number of alkyl halides is 3. The average molecular weight is 946 g/mol. The first-order valence-corrected chi connectivity index (χ1v) is 24.0. The Morgan fingerprint density at radius 2 is 1.29 bits per heavy atom. The van der Waals surface area contributed by atoms with Crippen LogP contribution in [0.2, 0.25) is 0 Å². The molecule has 0 aromatic heterocycles. The molecular weight excluding hydrogens is 887 g/mol. The van der Waals surface area contributed by atoms with Crippen molar-refractivity contribution >= 4 is 40.4 Å². The van der Waals surface area contributed by atoms with Crippen LogP contribution in [0, 0.1) is 19.3 Å². The number of methoxy groups -OCH3 is 3. The van der Waals surface area contributed by atoms with Crippen molar-refractivity contribution in [2.45, 2.75) is 65.4 Å². The van der Waals surface area contributed by atoms with Crippen molar-refractivity contribution < 1.29 is 36.9 Å². The highest BCUT2D eigenvalue weighted by atomic mass is 31.2. The summed E-state index contributed by atoms with van der Waals surface area (Å²) in [6, 6.07) is 40.1. The first-order chi connectivity index (χ1) is 32.4. The second-order valence-corrected chi connectivity index (χ2v) is 21.0. The molecule has 1 aliphatic rings. The third-order valence-corrected chi connectivity index (χ3v) is 15.8. The van der Waals surface area contributed by atoms with Crippen LogP contribution in [0.3, 0.4) is 0 Å². The molecule has 0 saturated carbocycles. The number of aryl methyl sites for hydroxylation is 2. The SMILES string of the molecule is C=C(N[C@@H]1c2ccccc2C[C@H]1Oc1ccc(C)cc1NC(=O)Nc1cc(C)cc(C(F)(F)F)c1)N[C@@H](CN=P(c1ccc(OC)cc1)(c1ccc(OC)cc1)c1ccc(OC)cc1)C(C)(C)C. The molecule has 0 unspecified atom stereocenters. The Bertz CT molecular complexity index is 2670. The van der Waals surface area contributed by atoms with Crippen molar-refractivity contribution in [1.29, 1.82) is 0 Å². The fourth-order valence-electron chi connectivity index (χ4n) is 8.42. The van der Waals surface area contributed by atoms with Crippen LogP contribution in [-0.4, -0.2) is 46.1 Å². The van der Waals surface area contributed by atoms with E-state index in [1.807, 2.05) is 61.5 Å². The molecule has 0 saturated heterocycles. The second-order valence-electron chi connectivity index (χ2n) is 17.9. The Kier molecular flexibility index (Phi) is 14.8. The standard InChI is InChI=1S/C54H59F3N5O5P/c1-34-14-27-48(47(30-34)62-52(63)61-39-29-35(2)28-38(32-39)54(55,56)57)67-49-31-37-12-10-11-13-46(37)51(49)60-36(3)59-50(53(4,5)6)33-58-68(43-21-15-40(64-7)16-22-43,44-23-17-41(65-8)18-24-44)45-25-19-42(66-9)20-26-45/h10-30,32,49-51,59-60H,3,31,33H2,1-2,4-9H3,(H2,61,62,63)/t49-,50+,51-/m1/s1. The number of hydrogen-bond donors (Lipinski definition) is 4. The number of carbonyl (C=O) groups excluding carboxylic acids is 1. The van der Waals surface area contributed by atoms with Gasteiger partial charge in [0.1, 0.15) is 29.1 Å². The van der Waals surface area contributed by atoms with E-state index in [0.717, 1.165) is 62.0 Å². The lowest BCUT2D eigenvalue weighted by Gasteiger charge is -2.35. The molecule has 6 aromatic carbocycles. The van der Waals surface area contributed by atoms with E-state index in [4.69, 9.17) is 23.7 Å². The van der Waals surface area contributed by atoms with Crippen molar-refractivity contribution in [3.8, 4) is 23.0 Å². The molecule has 10 nitrogen and oxygen atoms in total. The third-order valence-electron chi connectivity index (χ3n) is 12.0. The number of anilines is 2. The highest BCUT2D eigenvalue weighted by Crippen LogP contribution is 2.48. The fourth-order valence-corrected chi connectivity index (χ4v) is 11.9. The molecule has 0 aliphatic heterocycles. The van der Waals surface area contributed by atoms with Crippen LogP contribution in [0.15, 0.2) is 151 Å². The van der Waals surface area contributed by atoms with E-state index in [0.29, 0.717) is 35.8 Å². The van der Waals surface area contributed by atoms with Crippen molar-refractivity contribution in [1.82, 2.24) is 10.6 Å². The summed E-state index contributed by atoms with van der Waals surface area (Å²) in [6.07, 6.45) is -4.45. The zero-order valence-electron chi connectivity index (χ0n) is 39.6. The number of benzene rings is 6. The molecule has 0 spiro atoms.